The number of hydrogen-bond donors (Lipinski definition) is 1. The van der Waals surface area contributed by atoms with Crippen LogP contribution in [0.4, 0.5) is 0 Å². The molecule has 0 saturated heterocycles. The maximum Gasteiger partial charge on any atom is 0.240 e. The van der Waals surface area contributed by atoms with Crippen LogP contribution < -0.4 is 4.72 Å². The summed E-state index contributed by atoms with van der Waals surface area (Å²) in [6, 6.07) is 16.3. The lowest BCUT2D eigenvalue weighted by Crippen LogP contribution is -2.65. The number of carbonyl (C=O) groups excluding carboxylic acids is 1. The molecule has 0 unspecified atom stereocenters. The molecule has 32 heavy (non-hydrogen) atoms. The molecule has 6 heteroatoms. The lowest BCUT2D eigenvalue weighted by molar-refractivity contribution is -0.155. The lowest BCUT2D eigenvalue weighted by Gasteiger charge is -2.62. The van der Waals surface area contributed by atoms with Crippen LogP contribution in [0.5, 0.6) is 0 Å². The van der Waals surface area contributed by atoms with Gasteiger partial charge in [0.2, 0.25) is 15.9 Å². The van der Waals surface area contributed by atoms with Gasteiger partial charge in [-0.05, 0) is 61.6 Å². The Balaban J connectivity index is 1.60. The van der Waals surface area contributed by atoms with Crippen LogP contribution in [0, 0.1) is 30.1 Å². The van der Waals surface area contributed by atoms with Crippen molar-refractivity contribution in [3.05, 3.63) is 65.7 Å². The molecule has 2 aromatic carbocycles. The molecule has 172 valence electrons. The first kappa shape index (κ1) is 23.0. The molecule has 3 fully saturated rings. The van der Waals surface area contributed by atoms with Crippen LogP contribution in [0.25, 0.3) is 0 Å². The molecule has 2 aromatic rings. The molecule has 0 radical (unpaired) electrons. The second-order valence-corrected chi connectivity index (χ2v) is 11.9. The highest BCUT2D eigenvalue weighted by Crippen LogP contribution is 2.61. The molecule has 3 aliphatic rings. The van der Waals surface area contributed by atoms with E-state index in [1.165, 1.54) is 0 Å². The first-order valence-electron chi connectivity index (χ1n) is 11.4. The Morgan fingerprint density at radius 2 is 1.69 bits per heavy atom. The van der Waals surface area contributed by atoms with E-state index in [1.807, 2.05) is 51.2 Å². The van der Waals surface area contributed by atoms with Gasteiger partial charge < -0.3 is 4.90 Å². The molecule has 5 rings (SSSR count). The van der Waals surface area contributed by atoms with Gasteiger partial charge in [-0.3, -0.25) is 4.79 Å². The summed E-state index contributed by atoms with van der Waals surface area (Å²) in [6.07, 6.45) is 1.69. The molecule has 3 saturated carbocycles. The number of aryl methyl sites for hydroxylation is 1. The summed E-state index contributed by atoms with van der Waals surface area (Å²) in [5.41, 5.74) is 2.11. The minimum absolute atomic E-state index is 0.0168. The summed E-state index contributed by atoms with van der Waals surface area (Å²) >= 11 is 0. The molecular formula is C26H34N2O3S. The predicted octanol–water partition coefficient (Wildman–Crippen LogP) is 4.54. The van der Waals surface area contributed by atoms with Gasteiger partial charge >= 0.3 is 0 Å². The van der Waals surface area contributed by atoms with Gasteiger partial charge in [-0.1, -0.05) is 61.9 Å². The maximum atomic E-state index is 13.7. The third-order valence-electron chi connectivity index (χ3n) is 8.10. The van der Waals surface area contributed by atoms with E-state index < -0.39 is 16.1 Å². The van der Waals surface area contributed by atoms with E-state index in [9.17, 15) is 13.2 Å². The molecule has 5 atom stereocenters. The molecular weight excluding hydrogens is 420 g/mol. The maximum absolute atomic E-state index is 13.7. The molecule has 0 spiro atoms. The first-order valence-corrected chi connectivity index (χ1v) is 12.9. The Labute approximate surface area is 192 Å². The number of carbonyl (C=O) groups is 1. The standard InChI is InChI=1S/C26H34N2O3S/c1-17-11-13-21(14-12-17)32(30,31)27-24-22(15-20-16-23(24)26(20,3)4)25(29)28(5)18(2)19-9-7-6-8-10-19/h6-14,18,20,22-24,27H,15-16H2,1-5H3/t18-,20+,22+,23+,24+/m1/s1. The van der Waals surface area contributed by atoms with Crippen LogP contribution in [0.1, 0.15) is 50.8 Å². The van der Waals surface area contributed by atoms with E-state index in [0.29, 0.717) is 5.92 Å². The number of benzene rings is 2. The van der Waals surface area contributed by atoms with Gasteiger partial charge in [0.25, 0.3) is 0 Å². The fourth-order valence-electron chi connectivity index (χ4n) is 5.59. The largest absolute Gasteiger partial charge is 0.339 e. The monoisotopic (exact) mass is 454 g/mol. The number of fused-ring (bicyclic) bond motifs is 2. The molecule has 1 N–H and O–H groups in total. The molecule has 2 bridgehead atoms. The van der Waals surface area contributed by atoms with Gasteiger partial charge in [0, 0.05) is 13.1 Å². The Bertz CT molecular complexity index is 1080. The molecule has 3 aliphatic carbocycles. The van der Waals surface area contributed by atoms with Crippen molar-refractivity contribution < 1.29 is 13.2 Å². The molecule has 5 nitrogen and oxygen atoms in total. The highest BCUT2D eigenvalue weighted by atomic mass is 32.2. The van der Waals surface area contributed by atoms with Gasteiger partial charge in [0.05, 0.1) is 16.9 Å². The number of nitrogens with one attached hydrogen (secondary N) is 1. The zero-order valence-electron chi connectivity index (χ0n) is 19.6. The van der Waals surface area contributed by atoms with Crippen molar-refractivity contribution in [3.63, 3.8) is 0 Å². The molecule has 1 amide bonds. The highest BCUT2D eigenvalue weighted by molar-refractivity contribution is 7.89. The normalized spacial score (nSPS) is 27.3. The Hall–Kier alpha value is -2.18. The van der Waals surface area contributed by atoms with Crippen molar-refractivity contribution in [1.29, 1.82) is 0 Å². The van der Waals surface area contributed by atoms with Gasteiger partial charge in [0.1, 0.15) is 0 Å². The second kappa shape index (κ2) is 8.31. The Morgan fingerprint density at radius 1 is 1.06 bits per heavy atom. The summed E-state index contributed by atoms with van der Waals surface area (Å²) in [5, 5.41) is 0. The van der Waals surface area contributed by atoms with E-state index in [2.05, 4.69) is 18.6 Å². The smallest absolute Gasteiger partial charge is 0.240 e. The van der Waals surface area contributed by atoms with Crippen LogP contribution in [0.2, 0.25) is 0 Å². The fraction of sp³-hybridized carbons (Fsp3) is 0.500. The van der Waals surface area contributed by atoms with Crippen molar-refractivity contribution >= 4 is 15.9 Å². The average molecular weight is 455 g/mol. The zero-order valence-corrected chi connectivity index (χ0v) is 20.4. The number of hydrogen-bond acceptors (Lipinski definition) is 3. The van der Waals surface area contributed by atoms with E-state index >= 15 is 0 Å². The minimum Gasteiger partial charge on any atom is -0.339 e. The molecule has 0 aliphatic heterocycles. The van der Waals surface area contributed by atoms with Gasteiger partial charge in [-0.2, -0.15) is 0 Å². The number of rotatable bonds is 6. The minimum atomic E-state index is -3.72. The van der Waals surface area contributed by atoms with Crippen LogP contribution >= 0.6 is 0 Å². The summed E-state index contributed by atoms with van der Waals surface area (Å²) in [7, 11) is -1.89. The quantitative estimate of drug-likeness (QED) is 0.697. The summed E-state index contributed by atoms with van der Waals surface area (Å²) in [6.45, 7) is 8.36. The van der Waals surface area contributed by atoms with Crippen LogP contribution in [0.3, 0.4) is 0 Å². The van der Waals surface area contributed by atoms with E-state index in [4.69, 9.17) is 0 Å². The Morgan fingerprint density at radius 3 is 2.28 bits per heavy atom. The lowest BCUT2D eigenvalue weighted by atomic mass is 9.45. The average Bonchev–Trinajstić information content (AvgIpc) is 2.78. The number of nitrogens with zero attached hydrogens (tertiary/aromatic N) is 1. The van der Waals surface area contributed by atoms with Gasteiger partial charge in [-0.15, -0.1) is 0 Å². The molecule has 0 aromatic heterocycles. The SMILES string of the molecule is Cc1ccc(S(=O)(=O)N[C@H]2[C@@H](C(=O)N(C)[C@H](C)c3ccccc3)C[C@H]3C[C@@H]2C3(C)C)cc1. The number of sulfonamides is 1. The number of amides is 1. The van der Waals surface area contributed by atoms with E-state index in [-0.39, 0.29) is 34.1 Å². The van der Waals surface area contributed by atoms with E-state index in [0.717, 1.165) is 24.0 Å². The van der Waals surface area contributed by atoms with Crippen LogP contribution in [-0.4, -0.2) is 32.3 Å². The topological polar surface area (TPSA) is 66.5 Å². The molecule has 0 heterocycles. The Kier molecular flexibility index (Phi) is 5.97. The fourth-order valence-corrected chi connectivity index (χ4v) is 6.91. The summed E-state index contributed by atoms with van der Waals surface area (Å²) in [4.78, 5) is 15.7. The van der Waals surface area contributed by atoms with Crippen molar-refractivity contribution in [2.75, 3.05) is 7.05 Å². The summed E-state index contributed by atoms with van der Waals surface area (Å²) < 4.78 is 29.4. The van der Waals surface area contributed by atoms with Crippen molar-refractivity contribution in [2.45, 2.75) is 57.5 Å². The summed E-state index contributed by atoms with van der Waals surface area (Å²) in [5.74, 6) is 0.254. The predicted molar refractivity (Wildman–Crippen MR) is 126 cm³/mol. The highest BCUT2D eigenvalue weighted by Gasteiger charge is 2.60. The van der Waals surface area contributed by atoms with Crippen molar-refractivity contribution in [3.8, 4) is 0 Å². The van der Waals surface area contributed by atoms with Crippen molar-refractivity contribution in [2.24, 2.45) is 23.2 Å². The first-order chi connectivity index (χ1) is 15.0. The zero-order chi connectivity index (χ0) is 23.3. The van der Waals surface area contributed by atoms with Crippen LogP contribution in [-0.2, 0) is 14.8 Å². The second-order valence-electron chi connectivity index (χ2n) is 10.2. The van der Waals surface area contributed by atoms with Gasteiger partial charge in [-0.25, -0.2) is 13.1 Å². The third-order valence-corrected chi connectivity index (χ3v) is 9.58. The van der Waals surface area contributed by atoms with E-state index in [1.54, 1.807) is 29.2 Å². The van der Waals surface area contributed by atoms with Gasteiger partial charge in [0.15, 0.2) is 0 Å². The van der Waals surface area contributed by atoms with Crippen LogP contribution in [0.15, 0.2) is 59.5 Å². The van der Waals surface area contributed by atoms with Crippen molar-refractivity contribution in [1.82, 2.24) is 9.62 Å². The third kappa shape index (κ3) is 3.99.